The molecule has 2 rings (SSSR count). The molecular formula is C14H13Br2N3O2. The van der Waals surface area contributed by atoms with Gasteiger partial charge in [0.05, 0.1) is 17.3 Å². The van der Waals surface area contributed by atoms with Gasteiger partial charge in [-0.2, -0.15) is 0 Å². The molecule has 5 nitrogen and oxygen atoms in total. The smallest absolute Gasteiger partial charge is 0.255 e. The zero-order chi connectivity index (χ0) is 15.6. The monoisotopic (exact) mass is 413 g/mol. The summed E-state index contributed by atoms with van der Waals surface area (Å²) in [6.45, 7) is 1.78. The molecule has 1 amide bonds. The molecule has 1 aromatic heterocycles. The van der Waals surface area contributed by atoms with Crippen molar-refractivity contribution < 1.29 is 9.53 Å². The van der Waals surface area contributed by atoms with Crippen LogP contribution in [0.25, 0.3) is 0 Å². The van der Waals surface area contributed by atoms with Crippen LogP contribution in [-0.4, -0.2) is 18.0 Å². The highest BCUT2D eigenvalue weighted by atomic mass is 79.9. The Morgan fingerprint density at radius 1 is 1.24 bits per heavy atom. The fourth-order valence-corrected chi connectivity index (χ4v) is 3.06. The van der Waals surface area contributed by atoms with Gasteiger partial charge in [-0.15, -0.1) is 0 Å². The predicted octanol–water partition coefficient (Wildman–Crippen LogP) is 3.76. The van der Waals surface area contributed by atoms with Gasteiger partial charge in [-0.3, -0.25) is 4.79 Å². The summed E-state index contributed by atoms with van der Waals surface area (Å²) in [5.74, 6) is 0.670. The van der Waals surface area contributed by atoms with Gasteiger partial charge in [0.2, 0.25) is 0 Å². The largest absolute Gasteiger partial charge is 0.495 e. The van der Waals surface area contributed by atoms with E-state index >= 15 is 0 Å². The van der Waals surface area contributed by atoms with Crippen molar-refractivity contribution in [3.8, 4) is 5.75 Å². The molecule has 0 spiro atoms. The SMILES string of the molecule is COc1cc(NC(=O)c2cc(C)nc(N)c2)c(Br)cc1Br. The quantitative estimate of drug-likeness (QED) is 0.801. The molecular weight excluding hydrogens is 402 g/mol. The Kier molecular flexibility index (Phi) is 4.84. The molecule has 0 radical (unpaired) electrons. The number of amides is 1. The van der Waals surface area contributed by atoms with E-state index in [4.69, 9.17) is 10.5 Å². The van der Waals surface area contributed by atoms with E-state index in [0.29, 0.717) is 28.5 Å². The second-order valence-corrected chi connectivity index (χ2v) is 6.05. The highest BCUT2D eigenvalue weighted by Gasteiger charge is 2.12. The Balaban J connectivity index is 2.31. The summed E-state index contributed by atoms with van der Waals surface area (Å²) in [6.07, 6.45) is 0. The minimum absolute atomic E-state index is 0.266. The van der Waals surface area contributed by atoms with Gasteiger partial charge in [0.25, 0.3) is 5.91 Å². The van der Waals surface area contributed by atoms with E-state index in [1.165, 1.54) is 6.07 Å². The first-order chi connectivity index (χ1) is 9.90. The number of methoxy groups -OCH3 is 1. The van der Waals surface area contributed by atoms with Crippen molar-refractivity contribution in [1.29, 1.82) is 0 Å². The Bertz CT molecular complexity index is 685. The lowest BCUT2D eigenvalue weighted by molar-refractivity contribution is 0.102. The number of anilines is 2. The highest BCUT2D eigenvalue weighted by Crippen LogP contribution is 2.34. The molecule has 0 bridgehead atoms. The molecule has 0 saturated carbocycles. The fraction of sp³-hybridized carbons (Fsp3) is 0.143. The van der Waals surface area contributed by atoms with Crippen LogP contribution in [0.15, 0.2) is 33.2 Å². The molecule has 2 aromatic rings. The van der Waals surface area contributed by atoms with E-state index in [0.717, 1.165) is 8.95 Å². The number of hydrogen-bond acceptors (Lipinski definition) is 4. The average molecular weight is 415 g/mol. The molecule has 0 unspecified atom stereocenters. The number of aromatic nitrogens is 1. The van der Waals surface area contributed by atoms with Crippen LogP contribution >= 0.6 is 31.9 Å². The second kappa shape index (κ2) is 6.44. The van der Waals surface area contributed by atoms with Crippen LogP contribution in [0.3, 0.4) is 0 Å². The molecule has 0 aliphatic rings. The van der Waals surface area contributed by atoms with Gasteiger partial charge in [-0.1, -0.05) is 0 Å². The van der Waals surface area contributed by atoms with Crippen LogP contribution in [-0.2, 0) is 0 Å². The third-order valence-electron chi connectivity index (χ3n) is 2.73. The molecule has 3 N–H and O–H groups in total. The Hall–Kier alpha value is -1.60. The Morgan fingerprint density at radius 3 is 2.57 bits per heavy atom. The minimum Gasteiger partial charge on any atom is -0.495 e. The fourth-order valence-electron chi connectivity index (χ4n) is 1.80. The lowest BCUT2D eigenvalue weighted by atomic mass is 10.2. The number of nitrogens with one attached hydrogen (secondary N) is 1. The van der Waals surface area contributed by atoms with Crippen LogP contribution in [0.4, 0.5) is 11.5 Å². The third-order valence-corrected chi connectivity index (χ3v) is 4.00. The number of aryl methyl sites for hydroxylation is 1. The number of carbonyl (C=O) groups excluding carboxylic acids is 1. The van der Waals surface area contributed by atoms with Gasteiger partial charge < -0.3 is 15.8 Å². The topological polar surface area (TPSA) is 77.2 Å². The summed E-state index contributed by atoms with van der Waals surface area (Å²) in [7, 11) is 1.56. The van der Waals surface area contributed by atoms with E-state index in [2.05, 4.69) is 42.2 Å². The van der Waals surface area contributed by atoms with Crippen molar-refractivity contribution >= 4 is 49.3 Å². The first-order valence-corrected chi connectivity index (χ1v) is 7.58. The zero-order valence-electron chi connectivity index (χ0n) is 11.4. The number of nitrogen functional groups attached to an aromatic ring is 1. The van der Waals surface area contributed by atoms with Gasteiger partial charge in [-0.25, -0.2) is 4.98 Å². The number of nitrogens with zero attached hydrogens (tertiary/aromatic N) is 1. The summed E-state index contributed by atoms with van der Waals surface area (Å²) in [6, 6.07) is 6.74. The van der Waals surface area contributed by atoms with Crippen LogP contribution in [0.1, 0.15) is 16.1 Å². The van der Waals surface area contributed by atoms with E-state index < -0.39 is 0 Å². The molecule has 1 aromatic carbocycles. The van der Waals surface area contributed by atoms with Crippen LogP contribution in [0.5, 0.6) is 5.75 Å². The van der Waals surface area contributed by atoms with Crippen LogP contribution in [0, 0.1) is 6.92 Å². The summed E-state index contributed by atoms with van der Waals surface area (Å²) in [5, 5.41) is 2.81. The minimum atomic E-state index is -0.266. The second-order valence-electron chi connectivity index (χ2n) is 4.34. The molecule has 0 aliphatic carbocycles. The first-order valence-electron chi connectivity index (χ1n) is 5.99. The standard InChI is InChI=1S/C14H13Br2N3O2/c1-7-3-8(4-13(17)18-7)14(20)19-11-6-12(21-2)10(16)5-9(11)15/h3-6H,1-2H3,(H2,17,18)(H,19,20). The van der Waals surface area contributed by atoms with Crippen LogP contribution < -0.4 is 15.8 Å². The highest BCUT2D eigenvalue weighted by molar-refractivity contribution is 9.11. The number of halogens is 2. The average Bonchev–Trinajstić information content (AvgIpc) is 2.40. The molecule has 7 heteroatoms. The van der Waals surface area contributed by atoms with Gasteiger partial charge in [0, 0.05) is 21.8 Å². The maximum absolute atomic E-state index is 12.3. The lowest BCUT2D eigenvalue weighted by Gasteiger charge is -2.11. The van der Waals surface area contributed by atoms with E-state index in [9.17, 15) is 4.79 Å². The van der Waals surface area contributed by atoms with Crippen molar-refractivity contribution in [2.24, 2.45) is 0 Å². The lowest BCUT2D eigenvalue weighted by Crippen LogP contribution is -2.13. The maximum Gasteiger partial charge on any atom is 0.255 e. The van der Waals surface area contributed by atoms with E-state index in [-0.39, 0.29) is 5.91 Å². The molecule has 21 heavy (non-hydrogen) atoms. The first kappa shape index (κ1) is 15.8. The third kappa shape index (κ3) is 3.74. The van der Waals surface area contributed by atoms with Crippen molar-refractivity contribution in [3.05, 3.63) is 44.5 Å². The number of carbonyl (C=O) groups is 1. The number of rotatable bonds is 3. The van der Waals surface area contributed by atoms with Gasteiger partial charge >= 0.3 is 0 Å². The predicted molar refractivity (Wildman–Crippen MR) is 89.7 cm³/mol. The normalized spacial score (nSPS) is 10.3. The number of hydrogen-bond donors (Lipinski definition) is 2. The maximum atomic E-state index is 12.3. The molecule has 0 aliphatic heterocycles. The molecule has 0 saturated heterocycles. The number of pyridine rings is 1. The van der Waals surface area contributed by atoms with Gasteiger partial charge in [0.15, 0.2) is 0 Å². The molecule has 110 valence electrons. The summed E-state index contributed by atoms with van der Waals surface area (Å²) in [4.78, 5) is 16.3. The van der Waals surface area contributed by atoms with Crippen molar-refractivity contribution in [3.63, 3.8) is 0 Å². The van der Waals surface area contributed by atoms with Crippen molar-refractivity contribution in [1.82, 2.24) is 4.98 Å². The zero-order valence-corrected chi connectivity index (χ0v) is 14.6. The van der Waals surface area contributed by atoms with Crippen LogP contribution in [0.2, 0.25) is 0 Å². The van der Waals surface area contributed by atoms with Crippen molar-refractivity contribution in [2.45, 2.75) is 6.92 Å². The number of benzene rings is 1. The summed E-state index contributed by atoms with van der Waals surface area (Å²) in [5.41, 5.74) is 7.40. The summed E-state index contributed by atoms with van der Waals surface area (Å²) >= 11 is 6.78. The van der Waals surface area contributed by atoms with Crippen molar-refractivity contribution in [2.75, 3.05) is 18.2 Å². The Morgan fingerprint density at radius 2 is 1.95 bits per heavy atom. The molecule has 1 heterocycles. The van der Waals surface area contributed by atoms with Gasteiger partial charge in [-0.05, 0) is 57.0 Å². The molecule has 0 atom stereocenters. The summed E-state index contributed by atoms with van der Waals surface area (Å²) < 4.78 is 6.75. The molecule has 0 fully saturated rings. The Labute approximate surface area is 139 Å². The van der Waals surface area contributed by atoms with Gasteiger partial charge in [0.1, 0.15) is 11.6 Å². The number of nitrogens with two attached hydrogens (primary N) is 1. The van der Waals surface area contributed by atoms with E-state index in [1.54, 1.807) is 32.2 Å². The van der Waals surface area contributed by atoms with E-state index in [1.807, 2.05) is 0 Å². The number of ether oxygens (including phenoxy) is 1.